The van der Waals surface area contributed by atoms with Crippen LogP contribution in [0.3, 0.4) is 0 Å². The predicted octanol–water partition coefficient (Wildman–Crippen LogP) is 3.44. The molecule has 1 aromatic carbocycles. The molecule has 1 aliphatic rings. The molecule has 0 aromatic heterocycles. The fraction of sp³-hybridized carbons (Fsp3) is 0.571. The number of hydrogen-bond donors (Lipinski definition) is 1. The molecule has 0 bridgehead atoms. The van der Waals surface area contributed by atoms with E-state index in [-0.39, 0.29) is 12.1 Å². The summed E-state index contributed by atoms with van der Waals surface area (Å²) in [5.74, 6) is 0.718. The summed E-state index contributed by atoms with van der Waals surface area (Å²) in [7, 11) is 0. The molecule has 2 rings (SSSR count). The molecule has 3 nitrogen and oxygen atoms in total. The van der Waals surface area contributed by atoms with Gasteiger partial charge in [0.2, 0.25) is 0 Å². The summed E-state index contributed by atoms with van der Waals surface area (Å²) in [6, 6.07) is 3.63. The van der Waals surface area contributed by atoms with Gasteiger partial charge in [0, 0.05) is 23.9 Å². The normalized spacial score (nSPS) is 18.3. The maximum atomic E-state index is 6.26. The number of halogens is 2. The second-order valence-corrected chi connectivity index (χ2v) is 5.83. The molecule has 1 aromatic rings. The van der Waals surface area contributed by atoms with Gasteiger partial charge >= 0.3 is 0 Å². The zero-order valence-corrected chi connectivity index (χ0v) is 12.5. The minimum atomic E-state index is 0.0339. The van der Waals surface area contributed by atoms with E-state index in [4.69, 9.17) is 38.4 Å². The molecule has 0 radical (unpaired) electrons. The number of nitrogens with two attached hydrogens (primary N) is 1. The number of benzene rings is 1. The molecule has 1 atom stereocenters. The van der Waals surface area contributed by atoms with Crippen molar-refractivity contribution in [3.63, 3.8) is 0 Å². The van der Waals surface area contributed by atoms with Crippen LogP contribution >= 0.6 is 23.2 Å². The number of hydrogen-bond acceptors (Lipinski definition) is 3. The van der Waals surface area contributed by atoms with Gasteiger partial charge in [0.05, 0.1) is 18.2 Å². The van der Waals surface area contributed by atoms with Crippen molar-refractivity contribution in [2.75, 3.05) is 13.2 Å². The van der Waals surface area contributed by atoms with Crippen molar-refractivity contribution in [1.29, 1.82) is 0 Å². The van der Waals surface area contributed by atoms with E-state index in [9.17, 15) is 0 Å². The predicted molar refractivity (Wildman–Crippen MR) is 78.3 cm³/mol. The Morgan fingerprint density at radius 3 is 2.68 bits per heavy atom. The van der Waals surface area contributed by atoms with E-state index in [1.807, 2.05) is 13.0 Å². The lowest BCUT2D eigenvalue weighted by atomic mass is 10.1. The van der Waals surface area contributed by atoms with Gasteiger partial charge < -0.3 is 15.2 Å². The Balaban J connectivity index is 2.20. The molecule has 0 saturated carbocycles. The highest BCUT2D eigenvalue weighted by molar-refractivity contribution is 6.35. The lowest BCUT2D eigenvalue weighted by Gasteiger charge is -2.25. The van der Waals surface area contributed by atoms with Crippen molar-refractivity contribution in [3.8, 4) is 5.75 Å². The second kappa shape index (κ2) is 6.80. The van der Waals surface area contributed by atoms with Crippen molar-refractivity contribution in [3.05, 3.63) is 27.7 Å². The van der Waals surface area contributed by atoms with Crippen LogP contribution in [0.2, 0.25) is 10.0 Å². The van der Waals surface area contributed by atoms with Crippen molar-refractivity contribution in [1.82, 2.24) is 0 Å². The molecule has 2 N–H and O–H groups in total. The van der Waals surface area contributed by atoms with Gasteiger partial charge in [-0.15, -0.1) is 0 Å². The SMILES string of the molecule is CC(N)Cc1cc(Cl)cc(Cl)c1OC1CCOCC1. The van der Waals surface area contributed by atoms with Crippen LogP contribution in [0.4, 0.5) is 0 Å². The van der Waals surface area contributed by atoms with E-state index >= 15 is 0 Å². The van der Waals surface area contributed by atoms with Crippen molar-refractivity contribution < 1.29 is 9.47 Å². The first-order valence-electron chi connectivity index (χ1n) is 6.54. The average molecular weight is 304 g/mol. The molecule has 0 aliphatic carbocycles. The van der Waals surface area contributed by atoms with Gasteiger partial charge in [-0.3, -0.25) is 0 Å². The summed E-state index contributed by atoms with van der Waals surface area (Å²) in [6.07, 6.45) is 2.62. The first-order valence-corrected chi connectivity index (χ1v) is 7.29. The van der Waals surface area contributed by atoms with E-state index in [1.54, 1.807) is 6.07 Å². The molecule has 5 heteroatoms. The zero-order chi connectivity index (χ0) is 13.8. The number of ether oxygens (including phenoxy) is 2. The van der Waals surface area contributed by atoms with Gasteiger partial charge in [-0.1, -0.05) is 23.2 Å². The Kier molecular flexibility index (Phi) is 5.34. The van der Waals surface area contributed by atoms with E-state index in [0.29, 0.717) is 16.5 Å². The standard InChI is InChI=1S/C14H19Cl2NO2/c1-9(17)6-10-7-11(15)8-13(16)14(10)19-12-2-4-18-5-3-12/h7-9,12H,2-6,17H2,1H3. The van der Waals surface area contributed by atoms with Gasteiger partial charge in [0.15, 0.2) is 0 Å². The maximum absolute atomic E-state index is 6.26. The fourth-order valence-corrected chi connectivity index (χ4v) is 2.78. The first-order chi connectivity index (χ1) is 9.06. The van der Waals surface area contributed by atoms with E-state index < -0.39 is 0 Å². The Labute approximate surface area is 124 Å². The van der Waals surface area contributed by atoms with Crippen molar-refractivity contribution >= 4 is 23.2 Å². The lowest BCUT2D eigenvalue weighted by molar-refractivity contribution is 0.0252. The van der Waals surface area contributed by atoms with Crippen LogP contribution in [-0.4, -0.2) is 25.4 Å². The Hall–Kier alpha value is -0.480. The maximum Gasteiger partial charge on any atom is 0.141 e. The van der Waals surface area contributed by atoms with Gasteiger partial charge in [0.1, 0.15) is 11.9 Å². The summed E-state index contributed by atoms with van der Waals surface area (Å²) >= 11 is 12.3. The third-order valence-corrected chi connectivity index (χ3v) is 3.58. The summed E-state index contributed by atoms with van der Waals surface area (Å²) in [5, 5.41) is 1.16. The van der Waals surface area contributed by atoms with E-state index in [2.05, 4.69) is 0 Å². The first kappa shape index (κ1) is 14.9. The minimum absolute atomic E-state index is 0.0339. The van der Waals surface area contributed by atoms with Crippen LogP contribution in [0.25, 0.3) is 0 Å². The van der Waals surface area contributed by atoms with Crippen molar-refractivity contribution in [2.24, 2.45) is 5.73 Å². The second-order valence-electron chi connectivity index (χ2n) is 4.99. The lowest BCUT2D eigenvalue weighted by Crippen LogP contribution is -2.27. The highest BCUT2D eigenvalue weighted by atomic mass is 35.5. The molecule has 106 valence electrons. The zero-order valence-electron chi connectivity index (χ0n) is 11.0. The monoisotopic (exact) mass is 303 g/mol. The fourth-order valence-electron chi connectivity index (χ4n) is 2.20. The quantitative estimate of drug-likeness (QED) is 0.926. The molecule has 1 saturated heterocycles. The topological polar surface area (TPSA) is 44.5 Å². The third kappa shape index (κ3) is 4.25. The van der Waals surface area contributed by atoms with Gasteiger partial charge in [-0.2, -0.15) is 0 Å². The van der Waals surface area contributed by atoms with Gasteiger partial charge in [-0.05, 0) is 31.0 Å². The largest absolute Gasteiger partial charge is 0.488 e. The van der Waals surface area contributed by atoms with Crippen LogP contribution in [0, 0.1) is 0 Å². The van der Waals surface area contributed by atoms with Crippen LogP contribution in [0.15, 0.2) is 12.1 Å². The van der Waals surface area contributed by atoms with Crippen molar-refractivity contribution in [2.45, 2.75) is 38.3 Å². The molecule has 1 aliphatic heterocycles. The molecule has 0 spiro atoms. The number of rotatable bonds is 4. The molecular weight excluding hydrogens is 285 g/mol. The van der Waals surface area contributed by atoms with Crippen LogP contribution < -0.4 is 10.5 Å². The Bertz CT molecular complexity index is 432. The summed E-state index contributed by atoms with van der Waals surface area (Å²) in [5.41, 5.74) is 6.84. The third-order valence-electron chi connectivity index (χ3n) is 3.08. The molecule has 1 unspecified atom stereocenters. The van der Waals surface area contributed by atoms with E-state index in [1.165, 1.54) is 0 Å². The Morgan fingerprint density at radius 1 is 1.37 bits per heavy atom. The average Bonchev–Trinajstić information content (AvgIpc) is 2.34. The molecule has 1 heterocycles. The van der Waals surface area contributed by atoms with Crippen LogP contribution in [0.5, 0.6) is 5.75 Å². The molecule has 0 amide bonds. The summed E-state index contributed by atoms with van der Waals surface area (Å²) in [4.78, 5) is 0. The van der Waals surface area contributed by atoms with Gasteiger partial charge in [-0.25, -0.2) is 0 Å². The molecule has 19 heavy (non-hydrogen) atoms. The minimum Gasteiger partial charge on any atom is -0.488 e. The van der Waals surface area contributed by atoms with Gasteiger partial charge in [0.25, 0.3) is 0 Å². The molecule has 1 fully saturated rings. The van der Waals surface area contributed by atoms with Crippen LogP contribution in [-0.2, 0) is 11.2 Å². The highest BCUT2D eigenvalue weighted by Gasteiger charge is 2.19. The summed E-state index contributed by atoms with van der Waals surface area (Å²) < 4.78 is 11.4. The highest BCUT2D eigenvalue weighted by Crippen LogP contribution is 2.34. The molecular formula is C14H19Cl2NO2. The van der Waals surface area contributed by atoms with E-state index in [0.717, 1.165) is 37.4 Å². The summed E-state index contributed by atoms with van der Waals surface area (Å²) in [6.45, 7) is 3.42. The van der Waals surface area contributed by atoms with Crippen LogP contribution in [0.1, 0.15) is 25.3 Å². The smallest absolute Gasteiger partial charge is 0.141 e. The Morgan fingerprint density at radius 2 is 2.05 bits per heavy atom.